The monoisotopic (exact) mass is 587 g/mol. The van der Waals surface area contributed by atoms with Crippen molar-refractivity contribution in [2.75, 3.05) is 4.90 Å². The summed E-state index contributed by atoms with van der Waals surface area (Å²) in [5, 5.41) is 8.90. The van der Waals surface area contributed by atoms with Crippen LogP contribution in [0.4, 0.5) is 5.69 Å². The Morgan fingerprint density at radius 3 is 2.32 bits per heavy atom. The molecular weight excluding hydrogens is 557 g/mol. The number of thiophene rings is 1. The molecule has 4 unspecified atom stereocenters. The molecule has 4 nitrogen and oxygen atoms in total. The Hall–Kier alpha value is -4.81. The van der Waals surface area contributed by atoms with Crippen molar-refractivity contribution in [3.63, 3.8) is 0 Å². The van der Waals surface area contributed by atoms with Gasteiger partial charge >= 0.3 is 0 Å². The number of anilines is 1. The molecule has 3 N–H and O–H groups in total. The van der Waals surface area contributed by atoms with Crippen LogP contribution >= 0.6 is 11.3 Å². The van der Waals surface area contributed by atoms with Gasteiger partial charge in [0.2, 0.25) is 5.84 Å². The number of hydrogen-bond donors (Lipinski definition) is 2. The van der Waals surface area contributed by atoms with E-state index in [2.05, 4.69) is 161 Å². The molecule has 44 heavy (non-hydrogen) atoms. The minimum Gasteiger partial charge on any atom is -0.328 e. The number of fused-ring (bicyclic) bond motifs is 7. The van der Waals surface area contributed by atoms with Crippen LogP contribution < -0.4 is 15.5 Å². The normalized spacial score (nSPS) is 22.3. The van der Waals surface area contributed by atoms with Crippen molar-refractivity contribution in [3.8, 4) is 11.1 Å². The predicted molar refractivity (Wildman–Crippen MR) is 183 cm³/mol. The molecule has 4 atom stereocenters. The second-order valence-electron chi connectivity index (χ2n) is 11.7. The van der Waals surface area contributed by atoms with Gasteiger partial charge in [0.25, 0.3) is 0 Å². The van der Waals surface area contributed by atoms with Gasteiger partial charge in [-0.3, -0.25) is 5.32 Å². The molecule has 5 aromatic carbocycles. The summed E-state index contributed by atoms with van der Waals surface area (Å²) in [6.45, 7) is 0. The van der Waals surface area contributed by atoms with Crippen LogP contribution in [0.3, 0.4) is 0 Å². The Bertz CT molecular complexity index is 2110. The summed E-state index contributed by atoms with van der Waals surface area (Å²) < 4.78 is 2.67. The number of rotatable bonds is 4. The molecule has 1 aliphatic carbocycles. The summed E-state index contributed by atoms with van der Waals surface area (Å²) in [4.78, 5) is 8.08. The fraction of sp³-hybridized carbons (Fsp3) is 0.103. The van der Waals surface area contributed by atoms with Crippen molar-refractivity contribution in [1.82, 2.24) is 5.32 Å². The van der Waals surface area contributed by atoms with Crippen LogP contribution in [0.15, 0.2) is 151 Å². The van der Waals surface area contributed by atoms with Crippen LogP contribution in [-0.4, -0.2) is 18.2 Å². The summed E-state index contributed by atoms with van der Waals surface area (Å²) in [6, 6.07) is 43.8. The quantitative estimate of drug-likeness (QED) is 0.222. The van der Waals surface area contributed by atoms with Crippen LogP contribution in [0.2, 0.25) is 0 Å². The fourth-order valence-electron chi connectivity index (χ4n) is 7.14. The number of nitrogens with two attached hydrogens (primary N) is 1. The first-order valence-electron chi connectivity index (χ1n) is 15.3. The molecular formula is C39H31N4S+. The summed E-state index contributed by atoms with van der Waals surface area (Å²) in [7, 11) is 0. The number of nitrogens with zero attached hydrogens (tertiary/aromatic N) is 2. The van der Waals surface area contributed by atoms with Gasteiger partial charge in [0, 0.05) is 27.0 Å². The van der Waals surface area contributed by atoms with E-state index in [0.29, 0.717) is 0 Å². The highest BCUT2D eigenvalue weighted by Crippen LogP contribution is 2.51. The van der Waals surface area contributed by atoms with E-state index in [1.54, 1.807) is 0 Å². The summed E-state index contributed by atoms with van der Waals surface area (Å²) in [5.74, 6) is 1.30. The van der Waals surface area contributed by atoms with Gasteiger partial charge in [0.05, 0.1) is 22.0 Å². The average Bonchev–Trinajstić information content (AvgIpc) is 3.65. The number of allylic oxidation sites excluding steroid dienone is 2. The highest BCUT2D eigenvalue weighted by atomic mass is 32.1. The Morgan fingerprint density at radius 2 is 1.43 bits per heavy atom. The van der Waals surface area contributed by atoms with Gasteiger partial charge in [-0.1, -0.05) is 127 Å². The van der Waals surface area contributed by atoms with Gasteiger partial charge in [-0.15, -0.1) is 11.3 Å². The largest absolute Gasteiger partial charge is 0.328 e. The van der Waals surface area contributed by atoms with E-state index in [1.807, 2.05) is 11.3 Å². The molecule has 0 bridgehead atoms. The zero-order valence-corrected chi connectivity index (χ0v) is 24.9. The SMILES string of the molecule is C1=CC2c3ccc4c(sc5ccccc54)c3N(C3N=C(c4cccc(-c5ccccc5)c4)[NH2+]C(c4ccccc4)N3)C2C=C1. The van der Waals surface area contributed by atoms with Crippen LogP contribution in [0.1, 0.15) is 28.8 Å². The van der Waals surface area contributed by atoms with Crippen LogP contribution in [0.25, 0.3) is 31.3 Å². The zero-order valence-electron chi connectivity index (χ0n) is 24.0. The molecule has 6 aromatic rings. The molecule has 5 heteroatoms. The fourth-order valence-corrected chi connectivity index (χ4v) is 8.40. The third-order valence-corrected chi connectivity index (χ3v) is 10.4. The first-order valence-corrected chi connectivity index (χ1v) is 16.1. The highest BCUT2D eigenvalue weighted by molar-refractivity contribution is 7.26. The van der Waals surface area contributed by atoms with Crippen molar-refractivity contribution < 1.29 is 5.32 Å². The number of quaternary nitrogens is 1. The van der Waals surface area contributed by atoms with E-state index in [9.17, 15) is 0 Å². The zero-order chi connectivity index (χ0) is 29.0. The van der Waals surface area contributed by atoms with Crippen LogP contribution in [-0.2, 0) is 0 Å². The second-order valence-corrected chi connectivity index (χ2v) is 12.8. The highest BCUT2D eigenvalue weighted by Gasteiger charge is 2.44. The maximum atomic E-state index is 5.52. The minimum atomic E-state index is -0.249. The number of hydrogen-bond acceptors (Lipinski definition) is 4. The third-order valence-electron chi connectivity index (χ3n) is 9.20. The number of benzene rings is 5. The van der Waals surface area contributed by atoms with E-state index in [0.717, 1.165) is 11.4 Å². The Morgan fingerprint density at radius 1 is 0.682 bits per heavy atom. The summed E-state index contributed by atoms with van der Waals surface area (Å²) in [6.07, 6.45) is 8.87. The Balaban J connectivity index is 1.22. The smallest absolute Gasteiger partial charge is 0.231 e. The standard InChI is InChI=1S/C39H30N4S/c1-3-12-25(13-4-1)27-16-11-17-28(24-27)38-40-37(26-14-5-2-6-15-26)41-39(42-38)43-33-20-9-7-18-29(33)31-22-23-32-30-19-8-10-21-34(30)44-36(32)35(31)43/h1-24,29,33,37,39,41H,(H,40,42)/p+1. The molecule has 212 valence electrons. The molecule has 0 radical (unpaired) electrons. The molecule has 0 spiro atoms. The minimum absolute atomic E-state index is 0.0151. The summed E-state index contributed by atoms with van der Waals surface area (Å²) in [5.41, 5.74) is 7.47. The van der Waals surface area contributed by atoms with Gasteiger partial charge in [-0.05, 0) is 34.9 Å². The molecule has 9 rings (SSSR count). The number of nitrogens with one attached hydrogen (secondary N) is 1. The molecule has 3 heterocycles. The van der Waals surface area contributed by atoms with Crippen molar-refractivity contribution in [2.45, 2.75) is 24.4 Å². The van der Waals surface area contributed by atoms with E-state index in [4.69, 9.17) is 4.99 Å². The number of amidine groups is 1. The Kier molecular flexibility index (Phi) is 6.08. The van der Waals surface area contributed by atoms with Gasteiger partial charge in [0.1, 0.15) is 0 Å². The van der Waals surface area contributed by atoms with Gasteiger partial charge < -0.3 is 4.90 Å². The van der Waals surface area contributed by atoms with Gasteiger partial charge in [-0.25, -0.2) is 5.32 Å². The lowest BCUT2D eigenvalue weighted by atomic mass is 9.91. The number of aliphatic imine (C=N–C) groups is 1. The lowest BCUT2D eigenvalue weighted by Crippen LogP contribution is -2.94. The summed E-state index contributed by atoms with van der Waals surface area (Å²) >= 11 is 1.90. The second kappa shape index (κ2) is 10.4. The van der Waals surface area contributed by atoms with Crippen molar-refractivity contribution in [1.29, 1.82) is 0 Å². The maximum absolute atomic E-state index is 5.52. The van der Waals surface area contributed by atoms with Crippen molar-refractivity contribution in [3.05, 3.63) is 162 Å². The van der Waals surface area contributed by atoms with E-state index in [-0.39, 0.29) is 24.4 Å². The van der Waals surface area contributed by atoms with Gasteiger partial charge in [-0.2, -0.15) is 4.99 Å². The van der Waals surface area contributed by atoms with Gasteiger partial charge in [0.15, 0.2) is 12.5 Å². The average molecular weight is 588 g/mol. The van der Waals surface area contributed by atoms with E-state index in [1.165, 1.54) is 48.1 Å². The first kappa shape index (κ1) is 25.7. The maximum Gasteiger partial charge on any atom is 0.231 e. The lowest BCUT2D eigenvalue weighted by molar-refractivity contribution is -0.600. The Labute approximate surface area is 260 Å². The predicted octanol–water partition coefficient (Wildman–Crippen LogP) is 7.72. The topological polar surface area (TPSA) is 44.2 Å². The van der Waals surface area contributed by atoms with Crippen LogP contribution in [0, 0.1) is 0 Å². The van der Waals surface area contributed by atoms with Crippen molar-refractivity contribution in [2.24, 2.45) is 4.99 Å². The molecule has 0 saturated heterocycles. The lowest BCUT2D eigenvalue weighted by Gasteiger charge is -2.38. The van der Waals surface area contributed by atoms with E-state index < -0.39 is 0 Å². The molecule has 2 aliphatic heterocycles. The molecule has 0 saturated carbocycles. The first-order chi connectivity index (χ1) is 21.8. The molecule has 1 aromatic heterocycles. The van der Waals surface area contributed by atoms with E-state index >= 15 is 0 Å². The third kappa shape index (κ3) is 4.16. The van der Waals surface area contributed by atoms with Crippen LogP contribution in [0.5, 0.6) is 0 Å². The molecule has 0 amide bonds. The molecule has 3 aliphatic rings. The molecule has 0 fully saturated rings. The van der Waals surface area contributed by atoms with Crippen molar-refractivity contribution >= 4 is 43.0 Å².